The molecule has 0 fully saturated rings. The van der Waals surface area contributed by atoms with E-state index in [1.165, 1.54) is 16.8 Å². The molecule has 1 heterocycles. The van der Waals surface area contributed by atoms with Gasteiger partial charge in [0.1, 0.15) is 5.15 Å². The fourth-order valence-electron chi connectivity index (χ4n) is 2.18. The predicted molar refractivity (Wildman–Crippen MR) is 101 cm³/mol. The van der Waals surface area contributed by atoms with Crippen LogP contribution < -0.4 is 10.6 Å². The van der Waals surface area contributed by atoms with Gasteiger partial charge in [-0.25, -0.2) is 13.6 Å². The molecule has 154 valence electrons. The number of esters is 1. The van der Waals surface area contributed by atoms with E-state index >= 15 is 0 Å². The average molecular weight is 427 g/mol. The van der Waals surface area contributed by atoms with Crippen LogP contribution in [0.25, 0.3) is 6.08 Å². The Morgan fingerprint density at radius 1 is 1.24 bits per heavy atom. The summed E-state index contributed by atoms with van der Waals surface area (Å²) in [5.41, 5.74) is 1.19. The van der Waals surface area contributed by atoms with Gasteiger partial charge in [-0.3, -0.25) is 14.3 Å². The van der Waals surface area contributed by atoms with Gasteiger partial charge in [0, 0.05) is 30.4 Å². The van der Waals surface area contributed by atoms with E-state index in [1.54, 1.807) is 14.0 Å². The number of hydrogen-bond acceptors (Lipinski definition) is 5. The molecule has 0 aliphatic rings. The molecule has 8 nitrogen and oxygen atoms in total. The van der Waals surface area contributed by atoms with Gasteiger partial charge in [-0.2, -0.15) is 5.10 Å². The highest BCUT2D eigenvalue weighted by atomic mass is 35.5. The highest BCUT2D eigenvalue weighted by molar-refractivity contribution is 6.31. The summed E-state index contributed by atoms with van der Waals surface area (Å²) in [5.74, 6) is -4.34. The number of nitrogens with zero attached hydrogens (tertiary/aromatic N) is 2. The standard InChI is InChI=1S/C18H17ClF2N4O4/c1-10-12(18(19)25(2)24-10)4-6-17(28)29-9-16(27)22-8-15(26)23-11-3-5-13(20)14(21)7-11/h3-7H,8-9H2,1-2H3,(H,22,27)(H,23,26)/b6-4+. The number of anilines is 1. The Balaban J connectivity index is 1.74. The minimum Gasteiger partial charge on any atom is -0.452 e. The second-order valence-electron chi connectivity index (χ2n) is 5.81. The van der Waals surface area contributed by atoms with E-state index in [1.807, 2.05) is 0 Å². The number of ether oxygens (including phenoxy) is 1. The molecule has 0 aliphatic carbocycles. The summed E-state index contributed by atoms with van der Waals surface area (Å²) in [6.45, 7) is 0.660. The lowest BCUT2D eigenvalue weighted by Gasteiger charge is -2.07. The number of hydrogen-bond donors (Lipinski definition) is 2. The van der Waals surface area contributed by atoms with Gasteiger partial charge in [-0.15, -0.1) is 0 Å². The van der Waals surface area contributed by atoms with Gasteiger partial charge >= 0.3 is 5.97 Å². The maximum atomic E-state index is 13.1. The van der Waals surface area contributed by atoms with Crippen molar-refractivity contribution in [1.82, 2.24) is 15.1 Å². The molecule has 1 aromatic heterocycles. The molecule has 0 aliphatic heterocycles. The first kappa shape index (κ1) is 22.0. The van der Waals surface area contributed by atoms with Crippen molar-refractivity contribution in [1.29, 1.82) is 0 Å². The number of halogens is 3. The number of benzene rings is 1. The van der Waals surface area contributed by atoms with Crippen molar-refractivity contribution < 1.29 is 27.9 Å². The molecule has 2 N–H and O–H groups in total. The van der Waals surface area contributed by atoms with Crippen molar-refractivity contribution in [3.05, 3.63) is 52.3 Å². The van der Waals surface area contributed by atoms with Crippen LogP contribution in [0.3, 0.4) is 0 Å². The molecule has 0 saturated heterocycles. The summed E-state index contributed by atoms with van der Waals surface area (Å²) in [6, 6.07) is 2.83. The van der Waals surface area contributed by atoms with Crippen molar-refractivity contribution in [2.75, 3.05) is 18.5 Å². The van der Waals surface area contributed by atoms with Crippen molar-refractivity contribution >= 4 is 41.1 Å². The van der Waals surface area contributed by atoms with Crippen LogP contribution in [0, 0.1) is 18.6 Å². The molecule has 0 atom stereocenters. The smallest absolute Gasteiger partial charge is 0.331 e. The quantitative estimate of drug-likeness (QED) is 0.520. The van der Waals surface area contributed by atoms with Crippen LogP contribution in [-0.2, 0) is 26.2 Å². The van der Waals surface area contributed by atoms with Crippen molar-refractivity contribution in [3.63, 3.8) is 0 Å². The molecule has 0 spiro atoms. The molecule has 2 rings (SSSR count). The van der Waals surface area contributed by atoms with Crippen molar-refractivity contribution in [3.8, 4) is 0 Å². The van der Waals surface area contributed by atoms with Gasteiger partial charge in [0.25, 0.3) is 5.91 Å². The number of rotatable bonds is 7. The summed E-state index contributed by atoms with van der Waals surface area (Å²) in [5, 5.41) is 8.93. The lowest BCUT2D eigenvalue weighted by atomic mass is 10.2. The van der Waals surface area contributed by atoms with Crippen molar-refractivity contribution in [2.45, 2.75) is 6.92 Å². The lowest BCUT2D eigenvalue weighted by molar-refractivity contribution is -0.143. The minimum absolute atomic E-state index is 0.0315. The molecule has 2 aromatic rings. The van der Waals surface area contributed by atoms with Gasteiger partial charge in [0.05, 0.1) is 12.2 Å². The third-order valence-electron chi connectivity index (χ3n) is 3.58. The highest BCUT2D eigenvalue weighted by Gasteiger charge is 2.11. The average Bonchev–Trinajstić information content (AvgIpc) is 2.91. The Bertz CT molecular complexity index is 975. The Kier molecular flexibility index (Phi) is 7.43. The van der Waals surface area contributed by atoms with E-state index in [-0.39, 0.29) is 5.69 Å². The summed E-state index contributed by atoms with van der Waals surface area (Å²) in [6.07, 6.45) is 2.51. The minimum atomic E-state index is -1.12. The molecule has 0 saturated carbocycles. The van der Waals surface area contributed by atoms with Crippen LogP contribution in [0.5, 0.6) is 0 Å². The van der Waals surface area contributed by atoms with Gasteiger partial charge in [0.15, 0.2) is 18.2 Å². The predicted octanol–water partition coefficient (Wildman–Crippen LogP) is 1.97. The number of aryl methyl sites for hydroxylation is 2. The number of amides is 2. The van der Waals surface area contributed by atoms with Crippen LogP contribution >= 0.6 is 11.6 Å². The normalized spacial score (nSPS) is 10.8. The van der Waals surface area contributed by atoms with E-state index in [9.17, 15) is 23.2 Å². The zero-order valence-corrected chi connectivity index (χ0v) is 16.2. The van der Waals surface area contributed by atoms with Gasteiger partial charge in [-0.1, -0.05) is 11.6 Å². The van der Waals surface area contributed by atoms with E-state index < -0.39 is 42.6 Å². The maximum Gasteiger partial charge on any atom is 0.331 e. The molecule has 2 amide bonds. The largest absolute Gasteiger partial charge is 0.452 e. The van der Waals surface area contributed by atoms with Crippen LogP contribution in [0.1, 0.15) is 11.3 Å². The lowest BCUT2D eigenvalue weighted by Crippen LogP contribution is -2.35. The molecular formula is C18H17ClF2N4O4. The molecule has 0 unspecified atom stereocenters. The Morgan fingerprint density at radius 3 is 2.59 bits per heavy atom. The zero-order chi connectivity index (χ0) is 21.6. The van der Waals surface area contributed by atoms with Crippen LogP contribution in [0.15, 0.2) is 24.3 Å². The molecular weight excluding hydrogens is 410 g/mol. The van der Waals surface area contributed by atoms with Crippen molar-refractivity contribution in [2.24, 2.45) is 7.05 Å². The van der Waals surface area contributed by atoms with Crippen LogP contribution in [-0.4, -0.2) is 40.7 Å². The molecule has 29 heavy (non-hydrogen) atoms. The SMILES string of the molecule is Cc1nn(C)c(Cl)c1/C=C/C(=O)OCC(=O)NCC(=O)Nc1ccc(F)c(F)c1. The Labute approximate surface area is 169 Å². The molecule has 1 aromatic carbocycles. The Hall–Kier alpha value is -3.27. The summed E-state index contributed by atoms with van der Waals surface area (Å²) in [4.78, 5) is 35.0. The number of carbonyl (C=O) groups excluding carboxylic acids is 3. The second kappa shape index (κ2) is 9.78. The van der Waals surface area contributed by atoms with Gasteiger partial charge in [-0.05, 0) is 25.1 Å². The number of nitrogens with one attached hydrogen (secondary N) is 2. The Morgan fingerprint density at radius 2 is 1.97 bits per heavy atom. The van der Waals surface area contributed by atoms with Crippen LogP contribution in [0.2, 0.25) is 5.15 Å². The fraction of sp³-hybridized carbons (Fsp3) is 0.222. The summed E-state index contributed by atoms with van der Waals surface area (Å²) >= 11 is 6.03. The fourth-order valence-corrected chi connectivity index (χ4v) is 2.42. The summed E-state index contributed by atoms with van der Waals surface area (Å²) in [7, 11) is 1.65. The van der Waals surface area contributed by atoms with E-state index in [0.717, 1.165) is 18.2 Å². The van der Waals surface area contributed by atoms with Gasteiger partial charge in [0.2, 0.25) is 5.91 Å². The highest BCUT2D eigenvalue weighted by Crippen LogP contribution is 2.19. The zero-order valence-electron chi connectivity index (χ0n) is 15.5. The molecule has 11 heteroatoms. The van der Waals surface area contributed by atoms with E-state index in [2.05, 4.69) is 15.7 Å². The first-order valence-electron chi connectivity index (χ1n) is 8.23. The topological polar surface area (TPSA) is 102 Å². The number of aromatic nitrogens is 2. The third-order valence-corrected chi connectivity index (χ3v) is 4.03. The number of carbonyl (C=O) groups is 3. The summed E-state index contributed by atoms with van der Waals surface area (Å²) < 4.78 is 32.1. The molecule has 0 radical (unpaired) electrons. The monoisotopic (exact) mass is 426 g/mol. The first-order valence-corrected chi connectivity index (χ1v) is 8.60. The molecule has 0 bridgehead atoms. The first-order chi connectivity index (χ1) is 13.7. The maximum absolute atomic E-state index is 13.1. The van der Waals surface area contributed by atoms with Gasteiger partial charge < -0.3 is 15.4 Å². The third kappa shape index (κ3) is 6.39. The van der Waals surface area contributed by atoms with E-state index in [0.29, 0.717) is 16.4 Å². The van der Waals surface area contributed by atoms with Crippen LogP contribution in [0.4, 0.5) is 14.5 Å². The second-order valence-corrected chi connectivity index (χ2v) is 6.17. The van der Waals surface area contributed by atoms with E-state index in [4.69, 9.17) is 16.3 Å².